The monoisotopic (exact) mass is 182 g/mol. The third kappa shape index (κ3) is 7.68. The van der Waals surface area contributed by atoms with Crippen molar-refractivity contribution in [2.24, 2.45) is 0 Å². The Bertz CT molecular complexity index is 172. The van der Waals surface area contributed by atoms with E-state index < -0.39 is 19.5 Å². The van der Waals surface area contributed by atoms with Crippen molar-refractivity contribution in [2.75, 3.05) is 12.8 Å². The van der Waals surface area contributed by atoms with Crippen LogP contribution in [0.4, 0.5) is 0 Å². The van der Waals surface area contributed by atoms with Crippen LogP contribution >= 0.6 is 7.60 Å². The van der Waals surface area contributed by atoms with Gasteiger partial charge in [0.25, 0.3) is 0 Å². The summed E-state index contributed by atoms with van der Waals surface area (Å²) in [6.45, 7) is -0.132. The highest BCUT2D eigenvalue weighted by atomic mass is 31.2. The van der Waals surface area contributed by atoms with Crippen LogP contribution in [-0.4, -0.2) is 33.4 Å². The Morgan fingerprint density at radius 2 is 1.91 bits per heavy atom. The Balaban J connectivity index is 3.62. The van der Waals surface area contributed by atoms with Crippen molar-refractivity contribution in [3.05, 3.63) is 0 Å². The van der Waals surface area contributed by atoms with E-state index in [-0.39, 0.29) is 19.4 Å². The maximum atomic E-state index is 10.6. The van der Waals surface area contributed by atoms with Gasteiger partial charge in [0, 0.05) is 13.0 Å². The Morgan fingerprint density at radius 1 is 1.36 bits per heavy atom. The molecule has 0 radical (unpaired) electrons. The van der Waals surface area contributed by atoms with E-state index in [1.54, 1.807) is 0 Å². The van der Waals surface area contributed by atoms with Crippen LogP contribution < -0.4 is 0 Å². The summed E-state index contributed by atoms with van der Waals surface area (Å²) in [5.74, 6) is -0.507. The number of hydrogen-bond acceptors (Lipinski definition) is 3. The molecule has 0 spiro atoms. The highest BCUT2D eigenvalue weighted by Crippen LogP contribution is 2.34. The molecule has 3 N–H and O–H groups in total. The molecule has 0 aliphatic rings. The fraction of sp³-hybridized carbons (Fsp3) is 0.800. The summed E-state index contributed by atoms with van der Waals surface area (Å²) in [4.78, 5) is 27.2. The Labute approximate surface area is 64.2 Å². The second kappa shape index (κ2) is 4.62. The molecule has 66 valence electrons. The molecule has 0 atom stereocenters. The second-order valence-corrected chi connectivity index (χ2v) is 3.83. The summed E-state index contributed by atoms with van der Waals surface area (Å²) in [6.07, 6.45) is -0.423. The average molecular weight is 182 g/mol. The lowest BCUT2D eigenvalue weighted by atomic mass is 10.2. The van der Waals surface area contributed by atoms with E-state index in [9.17, 15) is 9.36 Å². The topological polar surface area (TPSA) is 94.8 Å². The Hall–Kier alpha value is -0.220. The van der Waals surface area contributed by atoms with E-state index in [4.69, 9.17) is 14.9 Å². The zero-order valence-electron chi connectivity index (χ0n) is 5.93. The summed E-state index contributed by atoms with van der Waals surface area (Å²) >= 11 is 0. The van der Waals surface area contributed by atoms with Gasteiger partial charge in [-0.25, -0.2) is 0 Å². The first kappa shape index (κ1) is 10.8. The standard InChI is InChI=1S/C5H11O5P/c6-3-1-2-5(7)4-11(8,9)10/h6H,1-4H2,(H2,8,9,10). The first-order valence-corrected chi connectivity index (χ1v) is 4.92. The lowest BCUT2D eigenvalue weighted by Crippen LogP contribution is -2.05. The molecule has 0 bridgehead atoms. The zero-order chi connectivity index (χ0) is 8.91. The van der Waals surface area contributed by atoms with Crippen molar-refractivity contribution in [3.8, 4) is 0 Å². The predicted octanol–water partition coefficient (Wildman–Crippen LogP) is -0.494. The summed E-state index contributed by atoms with van der Waals surface area (Å²) in [5.41, 5.74) is 0. The Morgan fingerprint density at radius 3 is 2.27 bits per heavy atom. The first-order valence-electron chi connectivity index (χ1n) is 3.13. The van der Waals surface area contributed by atoms with Crippen LogP contribution in [0.15, 0.2) is 0 Å². The van der Waals surface area contributed by atoms with Gasteiger partial charge in [-0.15, -0.1) is 0 Å². The molecule has 0 aromatic carbocycles. The number of carbonyl (C=O) groups is 1. The summed E-state index contributed by atoms with van der Waals surface area (Å²) in [5, 5.41) is 8.27. The number of Topliss-reactive ketones (excluding diaryl/α,β-unsaturated/α-hetero) is 1. The summed E-state index contributed by atoms with van der Waals surface area (Å²) < 4.78 is 10.2. The van der Waals surface area contributed by atoms with E-state index in [2.05, 4.69) is 0 Å². The lowest BCUT2D eigenvalue weighted by molar-refractivity contribution is -0.117. The third-order valence-corrected chi connectivity index (χ3v) is 1.76. The van der Waals surface area contributed by atoms with Gasteiger partial charge in [-0.1, -0.05) is 0 Å². The summed E-state index contributed by atoms with van der Waals surface area (Å²) in [7, 11) is -4.19. The number of aliphatic hydroxyl groups excluding tert-OH is 1. The molecule has 0 aromatic rings. The van der Waals surface area contributed by atoms with Gasteiger partial charge < -0.3 is 14.9 Å². The van der Waals surface area contributed by atoms with Crippen molar-refractivity contribution in [1.82, 2.24) is 0 Å². The number of hydrogen-bond donors (Lipinski definition) is 3. The molecule has 0 heterocycles. The zero-order valence-corrected chi connectivity index (χ0v) is 6.83. The molecule has 0 unspecified atom stereocenters. The number of rotatable bonds is 5. The molecule has 0 saturated carbocycles. The van der Waals surface area contributed by atoms with Crippen LogP contribution in [0.1, 0.15) is 12.8 Å². The van der Waals surface area contributed by atoms with Gasteiger partial charge in [0.15, 0.2) is 0 Å². The van der Waals surface area contributed by atoms with Crippen molar-refractivity contribution in [3.63, 3.8) is 0 Å². The van der Waals surface area contributed by atoms with Crippen LogP contribution in [0.2, 0.25) is 0 Å². The molecule has 0 aromatic heterocycles. The van der Waals surface area contributed by atoms with Gasteiger partial charge in [-0.3, -0.25) is 9.36 Å². The molecular formula is C5H11O5P. The van der Waals surface area contributed by atoms with Crippen LogP contribution in [0.3, 0.4) is 0 Å². The van der Waals surface area contributed by atoms with Crippen LogP contribution in [0, 0.1) is 0 Å². The molecule has 0 amide bonds. The molecule has 5 nitrogen and oxygen atoms in total. The van der Waals surface area contributed by atoms with E-state index in [0.717, 1.165) is 0 Å². The fourth-order valence-electron chi connectivity index (χ4n) is 0.585. The number of carbonyl (C=O) groups excluding carboxylic acids is 1. The molecule has 0 fully saturated rings. The molecule has 0 aliphatic carbocycles. The van der Waals surface area contributed by atoms with E-state index >= 15 is 0 Å². The second-order valence-electron chi connectivity index (χ2n) is 2.19. The van der Waals surface area contributed by atoms with Gasteiger partial charge in [0.1, 0.15) is 11.9 Å². The molecule has 11 heavy (non-hydrogen) atoms. The van der Waals surface area contributed by atoms with Crippen LogP contribution in [0.25, 0.3) is 0 Å². The molecule has 0 saturated heterocycles. The lowest BCUT2D eigenvalue weighted by Gasteiger charge is -2.00. The maximum absolute atomic E-state index is 10.6. The summed E-state index contributed by atoms with van der Waals surface area (Å²) in [6, 6.07) is 0. The van der Waals surface area contributed by atoms with Gasteiger partial charge in [0.05, 0.1) is 0 Å². The highest BCUT2D eigenvalue weighted by Gasteiger charge is 2.17. The smallest absolute Gasteiger partial charge is 0.332 e. The van der Waals surface area contributed by atoms with Gasteiger partial charge in [-0.2, -0.15) is 0 Å². The van der Waals surface area contributed by atoms with Crippen molar-refractivity contribution < 1.29 is 24.3 Å². The Kier molecular flexibility index (Phi) is 4.52. The SMILES string of the molecule is O=C(CCCO)CP(=O)(O)O. The molecular weight excluding hydrogens is 171 g/mol. The van der Waals surface area contributed by atoms with Crippen LogP contribution in [0.5, 0.6) is 0 Å². The maximum Gasteiger partial charge on any atom is 0.332 e. The van der Waals surface area contributed by atoms with Crippen LogP contribution in [-0.2, 0) is 9.36 Å². The quantitative estimate of drug-likeness (QED) is 0.498. The predicted molar refractivity (Wildman–Crippen MR) is 38.2 cm³/mol. The van der Waals surface area contributed by atoms with E-state index in [1.807, 2.05) is 0 Å². The van der Waals surface area contributed by atoms with E-state index in [0.29, 0.717) is 0 Å². The number of aliphatic hydroxyl groups is 1. The van der Waals surface area contributed by atoms with Crippen molar-refractivity contribution in [2.45, 2.75) is 12.8 Å². The minimum absolute atomic E-state index is 0.0294. The largest absolute Gasteiger partial charge is 0.396 e. The normalized spacial score (nSPS) is 11.5. The molecule has 0 aliphatic heterocycles. The number of ketones is 1. The van der Waals surface area contributed by atoms with Gasteiger partial charge in [0.2, 0.25) is 0 Å². The minimum atomic E-state index is -4.19. The van der Waals surface area contributed by atoms with Crippen molar-refractivity contribution >= 4 is 13.4 Å². The molecule has 6 heteroatoms. The molecule has 0 rings (SSSR count). The first-order chi connectivity index (χ1) is 4.95. The van der Waals surface area contributed by atoms with E-state index in [1.165, 1.54) is 0 Å². The third-order valence-electron chi connectivity index (χ3n) is 0.996. The van der Waals surface area contributed by atoms with Crippen molar-refractivity contribution in [1.29, 1.82) is 0 Å². The fourth-order valence-corrected chi connectivity index (χ4v) is 1.20. The highest BCUT2D eigenvalue weighted by molar-refractivity contribution is 7.52. The van der Waals surface area contributed by atoms with Gasteiger partial charge >= 0.3 is 7.60 Å². The average Bonchev–Trinajstić information content (AvgIpc) is 1.79. The van der Waals surface area contributed by atoms with Gasteiger partial charge in [-0.05, 0) is 6.42 Å². The minimum Gasteiger partial charge on any atom is -0.396 e.